The Morgan fingerprint density at radius 1 is 1.42 bits per heavy atom. The summed E-state index contributed by atoms with van der Waals surface area (Å²) in [6, 6.07) is 5.10. The van der Waals surface area contributed by atoms with Crippen LogP contribution in [0, 0.1) is 12.8 Å². The van der Waals surface area contributed by atoms with Crippen molar-refractivity contribution in [2.75, 3.05) is 18.4 Å². The standard InChI is InChI=1S/C14H18N2O3/c1-9-4-2-6-11(12(9)14(18)19)16-13(17)10-5-3-7-15-8-10/h2,4,6,10,15H,3,5,7-8H2,1H3,(H,16,17)(H,18,19)/t10-/m0/s1. The fourth-order valence-corrected chi connectivity index (χ4v) is 2.37. The van der Waals surface area contributed by atoms with Gasteiger partial charge in [0, 0.05) is 6.54 Å². The molecule has 0 unspecified atom stereocenters. The molecule has 0 saturated carbocycles. The van der Waals surface area contributed by atoms with Gasteiger partial charge in [0.25, 0.3) is 0 Å². The van der Waals surface area contributed by atoms with Gasteiger partial charge in [-0.3, -0.25) is 4.79 Å². The van der Waals surface area contributed by atoms with Crippen molar-refractivity contribution in [1.82, 2.24) is 5.32 Å². The number of nitrogens with one attached hydrogen (secondary N) is 2. The predicted molar refractivity (Wildman–Crippen MR) is 72.4 cm³/mol. The van der Waals surface area contributed by atoms with Crippen molar-refractivity contribution in [2.45, 2.75) is 19.8 Å². The highest BCUT2D eigenvalue weighted by Crippen LogP contribution is 2.21. The van der Waals surface area contributed by atoms with Crippen LogP contribution in [0.4, 0.5) is 5.69 Å². The number of aromatic carboxylic acids is 1. The van der Waals surface area contributed by atoms with Gasteiger partial charge in [-0.1, -0.05) is 12.1 Å². The van der Waals surface area contributed by atoms with Crippen LogP contribution in [0.3, 0.4) is 0 Å². The Balaban J connectivity index is 2.16. The normalized spacial score (nSPS) is 18.9. The second-order valence-electron chi connectivity index (χ2n) is 4.84. The van der Waals surface area contributed by atoms with Gasteiger partial charge in [-0.25, -0.2) is 4.79 Å². The average Bonchev–Trinajstić information content (AvgIpc) is 2.39. The first-order valence-electron chi connectivity index (χ1n) is 6.44. The van der Waals surface area contributed by atoms with E-state index in [2.05, 4.69) is 10.6 Å². The Hall–Kier alpha value is -1.88. The van der Waals surface area contributed by atoms with Crippen molar-refractivity contribution in [3.63, 3.8) is 0 Å². The summed E-state index contributed by atoms with van der Waals surface area (Å²) in [7, 11) is 0. The Labute approximate surface area is 112 Å². The van der Waals surface area contributed by atoms with E-state index in [1.54, 1.807) is 25.1 Å². The van der Waals surface area contributed by atoms with E-state index in [-0.39, 0.29) is 17.4 Å². The van der Waals surface area contributed by atoms with Crippen molar-refractivity contribution in [2.24, 2.45) is 5.92 Å². The molecule has 2 rings (SSSR count). The van der Waals surface area contributed by atoms with E-state index in [4.69, 9.17) is 0 Å². The molecular weight excluding hydrogens is 244 g/mol. The largest absolute Gasteiger partial charge is 0.478 e. The molecule has 1 atom stereocenters. The topological polar surface area (TPSA) is 78.4 Å². The van der Waals surface area contributed by atoms with Gasteiger partial charge in [-0.15, -0.1) is 0 Å². The van der Waals surface area contributed by atoms with Crippen molar-refractivity contribution in [3.05, 3.63) is 29.3 Å². The van der Waals surface area contributed by atoms with E-state index in [1.807, 2.05) is 0 Å². The number of aryl methyl sites for hydroxylation is 1. The molecule has 0 aliphatic carbocycles. The second kappa shape index (κ2) is 5.84. The average molecular weight is 262 g/mol. The first-order chi connectivity index (χ1) is 9.09. The van der Waals surface area contributed by atoms with Crippen LogP contribution in [0.2, 0.25) is 0 Å². The van der Waals surface area contributed by atoms with Gasteiger partial charge in [-0.05, 0) is 37.9 Å². The zero-order valence-corrected chi connectivity index (χ0v) is 10.9. The number of carbonyl (C=O) groups is 2. The third-order valence-electron chi connectivity index (χ3n) is 3.41. The maximum atomic E-state index is 12.1. The molecular formula is C14H18N2O3. The molecule has 5 heteroatoms. The number of anilines is 1. The maximum absolute atomic E-state index is 12.1. The van der Waals surface area contributed by atoms with Crippen molar-refractivity contribution in [3.8, 4) is 0 Å². The number of piperidine rings is 1. The monoisotopic (exact) mass is 262 g/mol. The van der Waals surface area contributed by atoms with Gasteiger partial charge >= 0.3 is 5.97 Å². The van der Waals surface area contributed by atoms with Gasteiger partial charge in [0.1, 0.15) is 0 Å². The number of rotatable bonds is 3. The van der Waals surface area contributed by atoms with Gasteiger partial charge in [0.2, 0.25) is 5.91 Å². The summed E-state index contributed by atoms with van der Waals surface area (Å²) in [6.07, 6.45) is 1.81. The van der Waals surface area contributed by atoms with E-state index in [0.717, 1.165) is 19.4 Å². The number of carboxylic acid groups (broad SMARTS) is 1. The molecule has 1 saturated heterocycles. The number of carboxylic acids is 1. The Morgan fingerprint density at radius 2 is 2.21 bits per heavy atom. The molecule has 0 radical (unpaired) electrons. The molecule has 102 valence electrons. The third kappa shape index (κ3) is 3.12. The Kier molecular flexibility index (Phi) is 4.16. The van der Waals surface area contributed by atoms with E-state index >= 15 is 0 Å². The molecule has 1 heterocycles. The van der Waals surface area contributed by atoms with E-state index in [9.17, 15) is 14.7 Å². The smallest absolute Gasteiger partial charge is 0.338 e. The maximum Gasteiger partial charge on any atom is 0.338 e. The first-order valence-corrected chi connectivity index (χ1v) is 6.44. The summed E-state index contributed by atoms with van der Waals surface area (Å²) < 4.78 is 0. The molecule has 19 heavy (non-hydrogen) atoms. The molecule has 1 aromatic rings. The van der Waals surface area contributed by atoms with Gasteiger partial charge < -0.3 is 15.7 Å². The predicted octanol–water partition coefficient (Wildman–Crippen LogP) is 1.63. The highest BCUT2D eigenvalue weighted by molar-refractivity contribution is 6.02. The summed E-state index contributed by atoms with van der Waals surface area (Å²) in [6.45, 7) is 3.32. The van der Waals surface area contributed by atoms with Crippen LogP contribution in [0.15, 0.2) is 18.2 Å². The lowest BCUT2D eigenvalue weighted by atomic mass is 9.98. The van der Waals surface area contributed by atoms with Crippen LogP contribution in [-0.2, 0) is 4.79 Å². The summed E-state index contributed by atoms with van der Waals surface area (Å²) in [5, 5.41) is 15.1. The molecule has 1 amide bonds. The minimum atomic E-state index is -1.02. The highest BCUT2D eigenvalue weighted by Gasteiger charge is 2.22. The van der Waals surface area contributed by atoms with Crippen LogP contribution in [-0.4, -0.2) is 30.1 Å². The highest BCUT2D eigenvalue weighted by atomic mass is 16.4. The molecule has 1 aromatic carbocycles. The third-order valence-corrected chi connectivity index (χ3v) is 3.41. The van der Waals surface area contributed by atoms with Gasteiger partial charge in [-0.2, -0.15) is 0 Å². The lowest BCUT2D eigenvalue weighted by molar-refractivity contribution is -0.120. The van der Waals surface area contributed by atoms with Crippen LogP contribution >= 0.6 is 0 Å². The van der Waals surface area contributed by atoms with Crippen LogP contribution < -0.4 is 10.6 Å². The van der Waals surface area contributed by atoms with Gasteiger partial charge in [0.15, 0.2) is 0 Å². The van der Waals surface area contributed by atoms with Crippen molar-refractivity contribution in [1.29, 1.82) is 0 Å². The SMILES string of the molecule is Cc1cccc(NC(=O)[C@H]2CCCNC2)c1C(=O)O. The molecule has 1 aliphatic heterocycles. The number of benzene rings is 1. The lowest BCUT2D eigenvalue weighted by Crippen LogP contribution is -2.37. The quantitative estimate of drug-likeness (QED) is 0.773. The molecule has 0 bridgehead atoms. The molecule has 0 aromatic heterocycles. The number of amides is 1. The number of hydrogen-bond donors (Lipinski definition) is 3. The summed E-state index contributed by atoms with van der Waals surface area (Å²) in [5.74, 6) is -1.22. The first kappa shape index (κ1) is 13.5. The molecule has 1 fully saturated rings. The fourth-order valence-electron chi connectivity index (χ4n) is 2.37. The lowest BCUT2D eigenvalue weighted by Gasteiger charge is -2.22. The molecule has 5 nitrogen and oxygen atoms in total. The van der Waals surface area contributed by atoms with E-state index in [1.165, 1.54) is 0 Å². The zero-order valence-electron chi connectivity index (χ0n) is 10.9. The zero-order chi connectivity index (χ0) is 13.8. The molecule has 0 spiro atoms. The minimum absolute atomic E-state index is 0.0871. The van der Waals surface area contributed by atoms with Crippen molar-refractivity contribution < 1.29 is 14.7 Å². The second-order valence-corrected chi connectivity index (χ2v) is 4.84. The number of carbonyl (C=O) groups excluding carboxylic acids is 1. The summed E-state index contributed by atoms with van der Waals surface area (Å²) in [5.41, 5.74) is 1.19. The number of hydrogen-bond acceptors (Lipinski definition) is 3. The molecule has 1 aliphatic rings. The van der Waals surface area contributed by atoms with Crippen molar-refractivity contribution >= 4 is 17.6 Å². The Morgan fingerprint density at radius 3 is 2.84 bits per heavy atom. The molecule has 3 N–H and O–H groups in total. The van der Waals surface area contributed by atoms with Crippen LogP contribution in [0.5, 0.6) is 0 Å². The van der Waals surface area contributed by atoms with Crippen LogP contribution in [0.1, 0.15) is 28.8 Å². The summed E-state index contributed by atoms with van der Waals surface area (Å²) in [4.78, 5) is 23.3. The van der Waals surface area contributed by atoms with Crippen LogP contribution in [0.25, 0.3) is 0 Å². The minimum Gasteiger partial charge on any atom is -0.478 e. The van der Waals surface area contributed by atoms with E-state index < -0.39 is 5.97 Å². The van der Waals surface area contributed by atoms with Gasteiger partial charge in [0.05, 0.1) is 17.2 Å². The Bertz CT molecular complexity index is 493. The van der Waals surface area contributed by atoms with E-state index in [0.29, 0.717) is 17.8 Å². The fraction of sp³-hybridized carbons (Fsp3) is 0.429. The summed E-state index contributed by atoms with van der Waals surface area (Å²) >= 11 is 0.